The van der Waals surface area contributed by atoms with E-state index in [1.54, 1.807) is 11.3 Å². The van der Waals surface area contributed by atoms with Crippen LogP contribution in [-0.4, -0.2) is 21.1 Å². The van der Waals surface area contributed by atoms with E-state index in [4.69, 9.17) is 0 Å². The molecule has 5 heteroatoms. The maximum Gasteiger partial charge on any atom is 0.0952 e. The number of hydrogen-bond acceptors (Lipinski definition) is 4. The van der Waals surface area contributed by atoms with E-state index in [0.717, 1.165) is 25.3 Å². The molecule has 0 aliphatic heterocycles. The molecule has 0 saturated carbocycles. The van der Waals surface area contributed by atoms with E-state index in [1.807, 2.05) is 18.0 Å². The fourth-order valence-corrected chi connectivity index (χ4v) is 2.17. The number of imidazole rings is 1. The zero-order valence-corrected chi connectivity index (χ0v) is 11.1. The highest BCUT2D eigenvalue weighted by Crippen LogP contribution is 2.06. The van der Waals surface area contributed by atoms with Crippen molar-refractivity contribution in [3.05, 3.63) is 34.8 Å². The smallest absolute Gasteiger partial charge is 0.0952 e. The predicted octanol–water partition coefficient (Wildman–Crippen LogP) is 2.13. The van der Waals surface area contributed by atoms with Gasteiger partial charge >= 0.3 is 0 Å². The molecule has 0 saturated heterocycles. The zero-order valence-electron chi connectivity index (χ0n) is 10.3. The van der Waals surface area contributed by atoms with Crippen LogP contribution in [0.4, 0.5) is 0 Å². The van der Waals surface area contributed by atoms with E-state index < -0.39 is 0 Å². The maximum atomic E-state index is 4.29. The summed E-state index contributed by atoms with van der Waals surface area (Å²) in [5.74, 6) is 0.671. The summed E-state index contributed by atoms with van der Waals surface area (Å²) in [6.07, 6.45) is 3.78. The largest absolute Gasteiger partial charge is 0.327 e. The van der Waals surface area contributed by atoms with E-state index in [2.05, 4.69) is 39.1 Å². The van der Waals surface area contributed by atoms with Gasteiger partial charge in [-0.15, -0.1) is 11.3 Å². The van der Waals surface area contributed by atoms with E-state index >= 15 is 0 Å². The van der Waals surface area contributed by atoms with Crippen LogP contribution in [-0.2, 0) is 13.1 Å². The molecule has 2 heterocycles. The third-order valence-electron chi connectivity index (χ3n) is 2.47. The van der Waals surface area contributed by atoms with Crippen LogP contribution < -0.4 is 5.32 Å². The van der Waals surface area contributed by atoms with Gasteiger partial charge in [-0.1, -0.05) is 13.8 Å². The lowest BCUT2D eigenvalue weighted by Gasteiger charge is -2.09. The van der Waals surface area contributed by atoms with Gasteiger partial charge in [0.2, 0.25) is 0 Å². The zero-order chi connectivity index (χ0) is 12.1. The van der Waals surface area contributed by atoms with Gasteiger partial charge in [-0.25, -0.2) is 9.97 Å². The van der Waals surface area contributed by atoms with Crippen molar-refractivity contribution in [3.8, 4) is 0 Å². The van der Waals surface area contributed by atoms with Crippen molar-refractivity contribution in [1.82, 2.24) is 19.9 Å². The highest BCUT2D eigenvalue weighted by atomic mass is 32.1. The fourth-order valence-electron chi connectivity index (χ4n) is 1.62. The third kappa shape index (κ3) is 3.64. The predicted molar refractivity (Wildman–Crippen MR) is 70.0 cm³/mol. The summed E-state index contributed by atoms with van der Waals surface area (Å²) in [4.78, 5) is 8.49. The van der Waals surface area contributed by atoms with E-state index in [-0.39, 0.29) is 0 Å². The van der Waals surface area contributed by atoms with Crippen LogP contribution in [0.2, 0.25) is 0 Å². The van der Waals surface area contributed by atoms with Gasteiger partial charge < -0.3 is 9.88 Å². The Balaban J connectivity index is 1.92. The Morgan fingerprint density at radius 2 is 2.35 bits per heavy atom. The molecule has 0 aliphatic carbocycles. The van der Waals surface area contributed by atoms with Gasteiger partial charge in [0, 0.05) is 18.1 Å². The van der Waals surface area contributed by atoms with Crippen LogP contribution in [0.3, 0.4) is 0 Å². The molecule has 0 aromatic carbocycles. The van der Waals surface area contributed by atoms with Gasteiger partial charge in [0.1, 0.15) is 0 Å². The van der Waals surface area contributed by atoms with Crippen molar-refractivity contribution >= 4 is 11.3 Å². The van der Waals surface area contributed by atoms with Crippen LogP contribution in [0, 0.1) is 5.92 Å². The van der Waals surface area contributed by atoms with E-state index in [0.29, 0.717) is 5.92 Å². The molecule has 17 heavy (non-hydrogen) atoms. The first-order valence-corrected chi connectivity index (χ1v) is 6.76. The summed E-state index contributed by atoms with van der Waals surface area (Å²) in [5, 5.41) is 5.50. The lowest BCUT2D eigenvalue weighted by Crippen LogP contribution is -2.20. The molecule has 0 bridgehead atoms. The van der Waals surface area contributed by atoms with Crippen molar-refractivity contribution < 1.29 is 0 Å². The molecule has 92 valence electrons. The maximum absolute atomic E-state index is 4.29. The number of nitrogens with zero attached hydrogens (tertiary/aromatic N) is 3. The Hall–Kier alpha value is -1.20. The highest BCUT2D eigenvalue weighted by Gasteiger charge is 2.04. The fraction of sp³-hybridized carbons (Fsp3) is 0.500. The summed E-state index contributed by atoms with van der Waals surface area (Å²) in [6.45, 7) is 7.12. The van der Waals surface area contributed by atoms with Gasteiger partial charge in [-0.2, -0.15) is 0 Å². The van der Waals surface area contributed by atoms with Gasteiger partial charge in [-0.3, -0.25) is 0 Å². The molecule has 1 N–H and O–H groups in total. The van der Waals surface area contributed by atoms with E-state index in [9.17, 15) is 0 Å². The van der Waals surface area contributed by atoms with Crippen molar-refractivity contribution in [2.45, 2.75) is 26.9 Å². The van der Waals surface area contributed by atoms with Crippen molar-refractivity contribution in [2.75, 3.05) is 6.54 Å². The minimum atomic E-state index is 0.671. The Morgan fingerprint density at radius 3 is 3.06 bits per heavy atom. The Labute approximate surface area is 106 Å². The number of nitrogens with one attached hydrogen (secondary N) is 1. The first-order valence-electron chi connectivity index (χ1n) is 5.82. The minimum Gasteiger partial charge on any atom is -0.327 e. The number of rotatable bonds is 6. The SMILES string of the molecule is CC(C)CNCc1cncn1Cc1cscn1. The molecular weight excluding hydrogens is 232 g/mol. The second-order valence-corrected chi connectivity index (χ2v) is 5.24. The summed E-state index contributed by atoms with van der Waals surface area (Å²) < 4.78 is 2.14. The van der Waals surface area contributed by atoms with E-state index in [1.165, 1.54) is 5.69 Å². The lowest BCUT2D eigenvalue weighted by atomic mass is 10.2. The van der Waals surface area contributed by atoms with Gasteiger partial charge in [0.25, 0.3) is 0 Å². The van der Waals surface area contributed by atoms with Crippen molar-refractivity contribution in [3.63, 3.8) is 0 Å². The van der Waals surface area contributed by atoms with Crippen LogP contribution in [0.5, 0.6) is 0 Å². The standard InChI is InChI=1S/C12H18N4S/c1-10(2)3-13-4-12-5-14-8-16(12)6-11-7-17-9-15-11/h5,7-10,13H,3-4,6H2,1-2H3. The van der Waals surface area contributed by atoms with Gasteiger partial charge in [-0.05, 0) is 12.5 Å². The second-order valence-electron chi connectivity index (χ2n) is 4.52. The van der Waals surface area contributed by atoms with Crippen LogP contribution in [0.25, 0.3) is 0 Å². The van der Waals surface area contributed by atoms with Crippen molar-refractivity contribution in [2.24, 2.45) is 5.92 Å². The molecule has 0 radical (unpaired) electrons. The number of thiazole rings is 1. The number of aromatic nitrogens is 3. The first-order chi connectivity index (χ1) is 8.25. The monoisotopic (exact) mass is 250 g/mol. The molecular formula is C12H18N4S. The summed E-state index contributed by atoms with van der Waals surface area (Å²) in [5.41, 5.74) is 4.17. The quantitative estimate of drug-likeness (QED) is 0.854. The summed E-state index contributed by atoms with van der Waals surface area (Å²) in [7, 11) is 0. The average molecular weight is 250 g/mol. The summed E-state index contributed by atoms with van der Waals surface area (Å²) in [6, 6.07) is 0. The third-order valence-corrected chi connectivity index (χ3v) is 3.11. The molecule has 2 aromatic rings. The Morgan fingerprint density at radius 1 is 1.47 bits per heavy atom. The van der Waals surface area contributed by atoms with Gasteiger partial charge in [0.05, 0.1) is 29.8 Å². The summed E-state index contributed by atoms with van der Waals surface area (Å²) >= 11 is 1.63. The molecule has 0 spiro atoms. The molecule has 2 aromatic heterocycles. The van der Waals surface area contributed by atoms with Crippen LogP contribution in [0.15, 0.2) is 23.4 Å². The lowest BCUT2D eigenvalue weighted by molar-refractivity contribution is 0.538. The topological polar surface area (TPSA) is 42.7 Å². The normalized spacial score (nSPS) is 11.2. The molecule has 0 amide bonds. The molecule has 0 unspecified atom stereocenters. The van der Waals surface area contributed by atoms with Crippen molar-refractivity contribution in [1.29, 1.82) is 0 Å². The Bertz CT molecular complexity index is 433. The van der Waals surface area contributed by atoms with Crippen LogP contribution in [0.1, 0.15) is 25.2 Å². The molecule has 0 fully saturated rings. The molecule has 0 aliphatic rings. The van der Waals surface area contributed by atoms with Gasteiger partial charge in [0.15, 0.2) is 0 Å². The highest BCUT2D eigenvalue weighted by molar-refractivity contribution is 7.07. The van der Waals surface area contributed by atoms with Crippen LogP contribution >= 0.6 is 11.3 Å². The number of hydrogen-bond donors (Lipinski definition) is 1. The first kappa shape index (κ1) is 12.3. The second kappa shape index (κ2) is 5.93. The molecule has 4 nitrogen and oxygen atoms in total. The minimum absolute atomic E-state index is 0.671. The average Bonchev–Trinajstić information content (AvgIpc) is 2.91. The molecule has 0 atom stereocenters. The Kier molecular flexibility index (Phi) is 4.28. The molecule has 2 rings (SSSR count).